The Morgan fingerprint density at radius 3 is 2.89 bits per heavy atom. The third-order valence-corrected chi connectivity index (χ3v) is 4.01. The molecule has 2 nitrogen and oxygen atoms in total. The molecular weight excluding hydrogens is 241 g/mol. The van der Waals surface area contributed by atoms with Gasteiger partial charge in [-0.25, -0.2) is 4.39 Å². The van der Waals surface area contributed by atoms with Crippen LogP contribution in [-0.4, -0.2) is 17.7 Å². The quantitative estimate of drug-likeness (QED) is 0.888. The number of aliphatic hydroxyl groups is 1. The molecule has 3 heteroatoms. The molecule has 1 saturated heterocycles. The van der Waals surface area contributed by atoms with Gasteiger partial charge in [-0.2, -0.15) is 0 Å². The van der Waals surface area contributed by atoms with E-state index in [9.17, 15) is 9.50 Å². The number of aliphatic hydroxyl groups excluding tert-OH is 1. The van der Waals surface area contributed by atoms with Crippen molar-refractivity contribution in [1.82, 2.24) is 0 Å². The van der Waals surface area contributed by atoms with E-state index in [1.807, 2.05) is 6.07 Å². The average molecular weight is 265 g/mol. The lowest BCUT2D eigenvalue weighted by molar-refractivity contribution is 0.194. The summed E-state index contributed by atoms with van der Waals surface area (Å²) in [6.07, 6.45) is 5.08. The maximum absolute atomic E-state index is 14.0. The number of piperidine rings is 1. The van der Waals surface area contributed by atoms with Gasteiger partial charge in [-0.05, 0) is 44.7 Å². The summed E-state index contributed by atoms with van der Waals surface area (Å²) in [5.41, 5.74) is 1.33. The predicted molar refractivity (Wildman–Crippen MR) is 76.9 cm³/mol. The average Bonchev–Trinajstić information content (AvgIpc) is 2.39. The van der Waals surface area contributed by atoms with E-state index in [1.165, 1.54) is 18.9 Å². The highest BCUT2D eigenvalue weighted by atomic mass is 19.1. The first-order valence-electron chi connectivity index (χ1n) is 7.38. The van der Waals surface area contributed by atoms with Crippen molar-refractivity contribution in [3.63, 3.8) is 0 Å². The summed E-state index contributed by atoms with van der Waals surface area (Å²) in [5, 5.41) is 9.87. The van der Waals surface area contributed by atoms with Gasteiger partial charge in [-0.15, -0.1) is 0 Å². The topological polar surface area (TPSA) is 23.5 Å². The van der Waals surface area contributed by atoms with Gasteiger partial charge < -0.3 is 10.0 Å². The molecule has 1 aromatic carbocycles. The van der Waals surface area contributed by atoms with Gasteiger partial charge in [-0.3, -0.25) is 0 Å². The Morgan fingerprint density at radius 2 is 2.21 bits per heavy atom. The molecule has 1 aromatic rings. The van der Waals surface area contributed by atoms with Crippen molar-refractivity contribution < 1.29 is 9.50 Å². The number of benzene rings is 1. The second-order valence-electron chi connectivity index (χ2n) is 5.48. The van der Waals surface area contributed by atoms with Gasteiger partial charge in [0.15, 0.2) is 0 Å². The van der Waals surface area contributed by atoms with Crippen LogP contribution in [0, 0.1) is 5.82 Å². The van der Waals surface area contributed by atoms with Crippen molar-refractivity contribution in [2.75, 3.05) is 11.4 Å². The second kappa shape index (κ2) is 6.38. The van der Waals surface area contributed by atoms with Crippen LogP contribution in [0.2, 0.25) is 0 Å². The highest BCUT2D eigenvalue weighted by Gasteiger charge is 2.26. The SMILES string of the molecule is CCCC1CCCCN1c1cccc(F)c1[C@@H](C)O. The van der Waals surface area contributed by atoms with Crippen molar-refractivity contribution in [3.8, 4) is 0 Å². The fourth-order valence-electron chi connectivity index (χ4n) is 3.14. The first kappa shape index (κ1) is 14.3. The standard InChI is InChI=1S/C16H24FNO/c1-3-7-13-8-4-5-11-18(13)15-10-6-9-14(17)16(15)12(2)19/h6,9-10,12-13,19H,3-5,7-8,11H2,1-2H3/t12-,13?/m1/s1. The Hall–Kier alpha value is -1.09. The highest BCUT2D eigenvalue weighted by Crippen LogP contribution is 2.34. The molecule has 1 aliphatic rings. The maximum Gasteiger partial charge on any atom is 0.131 e. The highest BCUT2D eigenvalue weighted by molar-refractivity contribution is 5.56. The van der Waals surface area contributed by atoms with Gasteiger partial charge >= 0.3 is 0 Å². The molecule has 2 rings (SSSR count). The molecule has 0 radical (unpaired) electrons. The lowest BCUT2D eigenvalue weighted by atomic mass is 9.95. The molecule has 1 unspecified atom stereocenters. The fraction of sp³-hybridized carbons (Fsp3) is 0.625. The Kier molecular flexibility index (Phi) is 4.81. The van der Waals surface area contributed by atoms with Crippen LogP contribution in [0.5, 0.6) is 0 Å². The zero-order chi connectivity index (χ0) is 13.8. The minimum absolute atomic E-state index is 0.298. The molecule has 1 fully saturated rings. The summed E-state index contributed by atoms with van der Waals surface area (Å²) in [4.78, 5) is 2.30. The number of anilines is 1. The molecule has 0 aliphatic carbocycles. The number of rotatable bonds is 4. The summed E-state index contributed by atoms with van der Waals surface area (Å²) in [6.45, 7) is 4.79. The first-order chi connectivity index (χ1) is 9.15. The molecule has 0 bridgehead atoms. The molecule has 0 amide bonds. The van der Waals surface area contributed by atoms with Crippen LogP contribution >= 0.6 is 0 Å². The summed E-state index contributed by atoms with van der Waals surface area (Å²) in [6, 6.07) is 5.61. The van der Waals surface area contributed by atoms with E-state index in [0.29, 0.717) is 11.6 Å². The smallest absolute Gasteiger partial charge is 0.131 e. The molecular formula is C16H24FNO. The predicted octanol–water partition coefficient (Wildman–Crippen LogP) is 4.04. The van der Waals surface area contributed by atoms with Gasteiger partial charge in [0.25, 0.3) is 0 Å². The van der Waals surface area contributed by atoms with Crippen LogP contribution in [-0.2, 0) is 0 Å². The molecule has 0 saturated carbocycles. The van der Waals surface area contributed by atoms with Crippen molar-refractivity contribution in [2.45, 2.75) is 58.1 Å². The van der Waals surface area contributed by atoms with Gasteiger partial charge in [0, 0.05) is 23.8 Å². The molecule has 1 N–H and O–H groups in total. The van der Waals surface area contributed by atoms with Gasteiger partial charge in [0.1, 0.15) is 5.82 Å². The van der Waals surface area contributed by atoms with Crippen LogP contribution in [0.1, 0.15) is 57.6 Å². The Labute approximate surface area is 115 Å². The number of hydrogen-bond acceptors (Lipinski definition) is 2. The van der Waals surface area contributed by atoms with Gasteiger partial charge in [0.05, 0.1) is 6.10 Å². The Bertz CT molecular complexity index is 417. The summed E-state index contributed by atoms with van der Waals surface area (Å²) < 4.78 is 14.0. The van der Waals surface area contributed by atoms with E-state index in [1.54, 1.807) is 13.0 Å². The van der Waals surface area contributed by atoms with E-state index in [2.05, 4.69) is 11.8 Å². The molecule has 1 heterocycles. The van der Waals surface area contributed by atoms with E-state index in [0.717, 1.165) is 31.5 Å². The van der Waals surface area contributed by atoms with E-state index < -0.39 is 6.10 Å². The third-order valence-electron chi connectivity index (χ3n) is 4.01. The molecule has 0 spiro atoms. The monoisotopic (exact) mass is 265 g/mol. The summed E-state index contributed by atoms with van der Waals surface area (Å²) in [5.74, 6) is -0.298. The van der Waals surface area contributed by atoms with Crippen LogP contribution in [0.25, 0.3) is 0 Å². The third kappa shape index (κ3) is 3.08. The zero-order valence-electron chi connectivity index (χ0n) is 11.9. The maximum atomic E-state index is 14.0. The molecule has 0 aromatic heterocycles. The van der Waals surface area contributed by atoms with Crippen molar-refractivity contribution in [3.05, 3.63) is 29.6 Å². The van der Waals surface area contributed by atoms with Crippen LogP contribution in [0.4, 0.5) is 10.1 Å². The Morgan fingerprint density at radius 1 is 1.42 bits per heavy atom. The largest absolute Gasteiger partial charge is 0.389 e. The van der Waals surface area contributed by atoms with E-state index in [-0.39, 0.29) is 5.82 Å². The molecule has 2 atom stereocenters. The minimum atomic E-state index is -0.764. The second-order valence-corrected chi connectivity index (χ2v) is 5.48. The van der Waals surface area contributed by atoms with Gasteiger partial charge in [0.2, 0.25) is 0 Å². The van der Waals surface area contributed by atoms with Gasteiger partial charge in [-0.1, -0.05) is 19.4 Å². The first-order valence-corrected chi connectivity index (χ1v) is 7.38. The number of hydrogen-bond donors (Lipinski definition) is 1. The van der Waals surface area contributed by atoms with E-state index in [4.69, 9.17) is 0 Å². The zero-order valence-corrected chi connectivity index (χ0v) is 11.9. The van der Waals surface area contributed by atoms with Crippen LogP contribution in [0.3, 0.4) is 0 Å². The number of halogens is 1. The lowest BCUT2D eigenvalue weighted by Gasteiger charge is -2.39. The lowest BCUT2D eigenvalue weighted by Crippen LogP contribution is -2.40. The van der Waals surface area contributed by atoms with Crippen molar-refractivity contribution in [1.29, 1.82) is 0 Å². The normalized spacial score (nSPS) is 21.5. The minimum Gasteiger partial charge on any atom is -0.389 e. The molecule has 1 aliphatic heterocycles. The fourth-order valence-corrected chi connectivity index (χ4v) is 3.14. The Balaban J connectivity index is 2.35. The summed E-state index contributed by atoms with van der Waals surface area (Å²) in [7, 11) is 0. The van der Waals surface area contributed by atoms with Crippen LogP contribution < -0.4 is 4.90 Å². The van der Waals surface area contributed by atoms with Crippen molar-refractivity contribution in [2.24, 2.45) is 0 Å². The summed E-state index contributed by atoms with van der Waals surface area (Å²) >= 11 is 0. The molecule has 19 heavy (non-hydrogen) atoms. The van der Waals surface area contributed by atoms with E-state index >= 15 is 0 Å². The molecule has 106 valence electrons. The van der Waals surface area contributed by atoms with Crippen LogP contribution in [0.15, 0.2) is 18.2 Å². The van der Waals surface area contributed by atoms with Crippen molar-refractivity contribution >= 4 is 5.69 Å². The number of nitrogens with zero attached hydrogens (tertiary/aromatic N) is 1.